The lowest BCUT2D eigenvalue weighted by atomic mass is 9.76. The first kappa shape index (κ1) is 16.0. The summed E-state index contributed by atoms with van der Waals surface area (Å²) in [6.07, 6.45) is 6.62. The molecule has 18 heavy (non-hydrogen) atoms. The first-order valence-electron chi connectivity index (χ1n) is 7.93. The molecule has 0 saturated carbocycles. The van der Waals surface area contributed by atoms with Gasteiger partial charge in [-0.25, -0.2) is 0 Å². The molecule has 1 fully saturated rings. The summed E-state index contributed by atoms with van der Waals surface area (Å²) >= 11 is 0. The molecule has 2 heteroatoms. The van der Waals surface area contributed by atoms with Crippen molar-refractivity contribution >= 4 is 0 Å². The molecule has 3 atom stereocenters. The number of nitrogens with two attached hydrogens (primary N) is 1. The third kappa shape index (κ3) is 3.48. The highest BCUT2D eigenvalue weighted by atomic mass is 15.3. The van der Waals surface area contributed by atoms with Gasteiger partial charge in [0.25, 0.3) is 0 Å². The van der Waals surface area contributed by atoms with E-state index in [-0.39, 0.29) is 0 Å². The lowest BCUT2D eigenvalue weighted by Gasteiger charge is -2.31. The highest BCUT2D eigenvalue weighted by Gasteiger charge is 2.54. The predicted molar refractivity (Wildman–Crippen MR) is 80.7 cm³/mol. The van der Waals surface area contributed by atoms with Gasteiger partial charge in [0, 0.05) is 12.1 Å². The third-order valence-corrected chi connectivity index (χ3v) is 5.28. The summed E-state index contributed by atoms with van der Waals surface area (Å²) in [5.41, 5.74) is 6.31. The van der Waals surface area contributed by atoms with E-state index >= 15 is 0 Å². The van der Waals surface area contributed by atoms with Crippen LogP contribution in [0.1, 0.15) is 59.8 Å². The summed E-state index contributed by atoms with van der Waals surface area (Å²) in [6.45, 7) is 11.5. The SMILES string of the molecule is CCC(CC)CCC1(C(CCN)C(C)C)CN1C. The van der Waals surface area contributed by atoms with Crippen LogP contribution in [0.25, 0.3) is 0 Å². The molecular weight excluding hydrogens is 220 g/mol. The quantitative estimate of drug-likeness (QED) is 0.638. The van der Waals surface area contributed by atoms with Gasteiger partial charge in [-0.3, -0.25) is 4.90 Å². The summed E-state index contributed by atoms with van der Waals surface area (Å²) in [5, 5.41) is 0. The van der Waals surface area contributed by atoms with E-state index in [4.69, 9.17) is 5.73 Å². The van der Waals surface area contributed by atoms with E-state index in [1.54, 1.807) is 0 Å². The third-order valence-electron chi connectivity index (χ3n) is 5.28. The second-order valence-corrected chi connectivity index (χ2v) is 6.61. The maximum absolute atomic E-state index is 5.83. The Bertz CT molecular complexity index is 235. The summed E-state index contributed by atoms with van der Waals surface area (Å²) in [7, 11) is 2.29. The average Bonchev–Trinajstić information content (AvgIpc) is 2.98. The van der Waals surface area contributed by atoms with Crippen LogP contribution >= 0.6 is 0 Å². The Morgan fingerprint density at radius 2 is 1.72 bits per heavy atom. The van der Waals surface area contributed by atoms with Crippen molar-refractivity contribution in [3.63, 3.8) is 0 Å². The van der Waals surface area contributed by atoms with Crippen molar-refractivity contribution in [2.24, 2.45) is 23.5 Å². The van der Waals surface area contributed by atoms with Gasteiger partial charge < -0.3 is 5.73 Å². The molecule has 0 aromatic heterocycles. The predicted octanol–water partition coefficient (Wildman–Crippen LogP) is 3.51. The van der Waals surface area contributed by atoms with Crippen LogP contribution in [0.4, 0.5) is 0 Å². The Labute approximate surface area is 114 Å². The molecule has 1 aliphatic rings. The van der Waals surface area contributed by atoms with Crippen LogP contribution in [-0.4, -0.2) is 30.6 Å². The summed E-state index contributed by atoms with van der Waals surface area (Å²) in [6, 6.07) is 0. The Morgan fingerprint density at radius 3 is 2.06 bits per heavy atom. The molecule has 0 amide bonds. The topological polar surface area (TPSA) is 29.0 Å². The van der Waals surface area contributed by atoms with Crippen LogP contribution in [0.3, 0.4) is 0 Å². The van der Waals surface area contributed by atoms with Crippen molar-refractivity contribution in [2.75, 3.05) is 20.1 Å². The lowest BCUT2D eigenvalue weighted by molar-refractivity contribution is 0.208. The molecular formula is C16H34N2. The van der Waals surface area contributed by atoms with Gasteiger partial charge in [0.05, 0.1) is 0 Å². The van der Waals surface area contributed by atoms with Crippen LogP contribution in [0.2, 0.25) is 0 Å². The van der Waals surface area contributed by atoms with Crippen molar-refractivity contribution in [3.05, 3.63) is 0 Å². The zero-order chi connectivity index (χ0) is 13.8. The van der Waals surface area contributed by atoms with Gasteiger partial charge in [0.1, 0.15) is 0 Å². The molecule has 1 saturated heterocycles. The van der Waals surface area contributed by atoms with Crippen molar-refractivity contribution in [2.45, 2.75) is 65.3 Å². The molecule has 108 valence electrons. The van der Waals surface area contributed by atoms with E-state index in [9.17, 15) is 0 Å². The van der Waals surface area contributed by atoms with Gasteiger partial charge in [-0.1, -0.05) is 40.5 Å². The zero-order valence-electron chi connectivity index (χ0n) is 13.2. The fraction of sp³-hybridized carbons (Fsp3) is 1.00. The zero-order valence-corrected chi connectivity index (χ0v) is 13.2. The standard InChI is InChI=1S/C16H34N2/c1-6-14(7-2)8-10-16(12-18(16)5)15(9-11-17)13(3)4/h13-15H,6-12,17H2,1-5H3. The second kappa shape index (κ2) is 6.91. The molecule has 2 N–H and O–H groups in total. The molecule has 1 rings (SSSR count). The van der Waals surface area contributed by atoms with E-state index < -0.39 is 0 Å². The van der Waals surface area contributed by atoms with Crippen molar-refractivity contribution in [1.82, 2.24) is 4.90 Å². The van der Waals surface area contributed by atoms with Gasteiger partial charge >= 0.3 is 0 Å². The maximum Gasteiger partial charge on any atom is 0.0365 e. The molecule has 0 aromatic rings. The van der Waals surface area contributed by atoms with Crippen molar-refractivity contribution in [1.29, 1.82) is 0 Å². The van der Waals surface area contributed by atoms with E-state index in [0.29, 0.717) is 5.54 Å². The Hall–Kier alpha value is -0.0800. The molecule has 1 aliphatic heterocycles. The fourth-order valence-corrected chi connectivity index (χ4v) is 3.78. The van der Waals surface area contributed by atoms with Crippen LogP contribution in [0, 0.1) is 17.8 Å². The first-order chi connectivity index (χ1) is 8.51. The Morgan fingerprint density at radius 1 is 1.17 bits per heavy atom. The molecule has 1 heterocycles. The van der Waals surface area contributed by atoms with Gasteiger partial charge in [0.2, 0.25) is 0 Å². The molecule has 3 unspecified atom stereocenters. The minimum atomic E-state index is 0.482. The van der Waals surface area contributed by atoms with Crippen LogP contribution < -0.4 is 5.73 Å². The van der Waals surface area contributed by atoms with Gasteiger partial charge in [-0.2, -0.15) is 0 Å². The number of nitrogens with zero attached hydrogens (tertiary/aromatic N) is 1. The smallest absolute Gasteiger partial charge is 0.0365 e. The minimum Gasteiger partial charge on any atom is -0.330 e. The van der Waals surface area contributed by atoms with Gasteiger partial charge in [-0.05, 0) is 50.6 Å². The number of likely N-dealkylation sites (N-methyl/N-ethyl adjacent to an activating group) is 1. The van der Waals surface area contributed by atoms with Crippen LogP contribution in [0.15, 0.2) is 0 Å². The van der Waals surface area contributed by atoms with Gasteiger partial charge in [0.15, 0.2) is 0 Å². The number of rotatable bonds is 9. The van der Waals surface area contributed by atoms with E-state index in [0.717, 1.165) is 24.3 Å². The van der Waals surface area contributed by atoms with Gasteiger partial charge in [-0.15, -0.1) is 0 Å². The van der Waals surface area contributed by atoms with Crippen molar-refractivity contribution < 1.29 is 0 Å². The number of hydrogen-bond acceptors (Lipinski definition) is 2. The first-order valence-corrected chi connectivity index (χ1v) is 7.93. The molecule has 0 bridgehead atoms. The van der Waals surface area contributed by atoms with Crippen LogP contribution in [-0.2, 0) is 0 Å². The molecule has 2 nitrogen and oxygen atoms in total. The minimum absolute atomic E-state index is 0.482. The van der Waals surface area contributed by atoms with E-state index in [1.807, 2.05) is 0 Å². The van der Waals surface area contributed by atoms with E-state index in [2.05, 4.69) is 39.6 Å². The highest BCUT2D eigenvalue weighted by Crippen LogP contribution is 2.47. The normalized spacial score (nSPS) is 29.0. The molecule has 0 aromatic carbocycles. The van der Waals surface area contributed by atoms with E-state index in [1.165, 1.54) is 38.6 Å². The molecule has 0 radical (unpaired) electrons. The lowest BCUT2D eigenvalue weighted by Crippen LogP contribution is -2.34. The summed E-state index contributed by atoms with van der Waals surface area (Å²) < 4.78 is 0. The monoisotopic (exact) mass is 254 g/mol. The summed E-state index contributed by atoms with van der Waals surface area (Å²) in [4.78, 5) is 2.57. The molecule has 0 aliphatic carbocycles. The summed E-state index contributed by atoms with van der Waals surface area (Å²) in [5.74, 6) is 2.45. The number of hydrogen-bond donors (Lipinski definition) is 1. The largest absolute Gasteiger partial charge is 0.330 e. The second-order valence-electron chi connectivity index (χ2n) is 6.61. The Kier molecular flexibility index (Phi) is 6.13. The van der Waals surface area contributed by atoms with Crippen molar-refractivity contribution in [3.8, 4) is 0 Å². The fourth-order valence-electron chi connectivity index (χ4n) is 3.78. The van der Waals surface area contributed by atoms with Crippen LogP contribution in [0.5, 0.6) is 0 Å². The highest BCUT2D eigenvalue weighted by molar-refractivity contribution is 5.10. The Balaban J connectivity index is 2.61. The molecule has 0 spiro atoms. The average molecular weight is 254 g/mol. The maximum atomic E-state index is 5.83.